The highest BCUT2D eigenvalue weighted by molar-refractivity contribution is 6.31. The summed E-state index contributed by atoms with van der Waals surface area (Å²) in [5.74, 6) is 0. The van der Waals surface area contributed by atoms with Crippen molar-refractivity contribution in [3.05, 3.63) is 16.9 Å². The van der Waals surface area contributed by atoms with Crippen LogP contribution in [0.3, 0.4) is 0 Å². The Balaban J connectivity index is 3.04. The van der Waals surface area contributed by atoms with Crippen LogP contribution in [0.5, 0.6) is 0 Å². The summed E-state index contributed by atoms with van der Waals surface area (Å²) in [6.07, 6.45) is 0.834. The molecule has 0 amide bonds. The lowest BCUT2D eigenvalue weighted by atomic mass is 9.93. The molecule has 0 spiro atoms. The van der Waals surface area contributed by atoms with Crippen LogP contribution in [-0.4, -0.2) is 53.1 Å². The van der Waals surface area contributed by atoms with Crippen LogP contribution in [0.1, 0.15) is 25.6 Å². The molecule has 0 fully saturated rings. The molecule has 0 aliphatic carbocycles. The summed E-state index contributed by atoms with van der Waals surface area (Å²) in [5, 5.41) is 15.2. The molecule has 0 bridgehead atoms. The molecule has 1 unspecified atom stereocenters. The van der Waals surface area contributed by atoms with Crippen molar-refractivity contribution in [3.63, 3.8) is 0 Å². The predicted molar refractivity (Wildman–Crippen MR) is 71.8 cm³/mol. The van der Waals surface area contributed by atoms with Gasteiger partial charge in [0, 0.05) is 12.6 Å². The second kappa shape index (κ2) is 6.02. The molecule has 0 aromatic carbocycles. The Morgan fingerprint density at radius 3 is 2.67 bits per heavy atom. The maximum atomic E-state index is 10.5. The molecule has 0 saturated carbocycles. The van der Waals surface area contributed by atoms with E-state index in [0.717, 1.165) is 0 Å². The Hall–Kier alpha value is -0.620. The molecule has 1 atom stereocenters. The van der Waals surface area contributed by atoms with Gasteiger partial charge in [0.2, 0.25) is 0 Å². The minimum Gasteiger partial charge on any atom is -0.385 e. The molecule has 0 radical (unpaired) electrons. The number of hydrogen-bond acceptors (Lipinski definition) is 4. The van der Waals surface area contributed by atoms with Gasteiger partial charge in [-0.15, -0.1) is 0 Å². The minimum atomic E-state index is -0.723. The van der Waals surface area contributed by atoms with E-state index in [9.17, 15) is 5.11 Å². The topological polar surface area (TPSA) is 50.5 Å². The van der Waals surface area contributed by atoms with E-state index in [0.29, 0.717) is 23.9 Å². The summed E-state index contributed by atoms with van der Waals surface area (Å²) in [6, 6.07) is 0. The lowest BCUT2D eigenvalue weighted by molar-refractivity contribution is 0.00996. The first-order valence-electron chi connectivity index (χ1n) is 5.88. The Morgan fingerprint density at radius 1 is 1.56 bits per heavy atom. The molecule has 5 nitrogen and oxygen atoms in total. The smallest absolute Gasteiger partial charge is 0.115 e. The van der Waals surface area contributed by atoms with E-state index in [4.69, 9.17) is 16.3 Å². The van der Waals surface area contributed by atoms with E-state index in [1.807, 2.05) is 32.8 Å². The van der Waals surface area contributed by atoms with Gasteiger partial charge in [0.25, 0.3) is 0 Å². The summed E-state index contributed by atoms with van der Waals surface area (Å²) in [5.41, 5.74) is 0.196. The summed E-state index contributed by atoms with van der Waals surface area (Å²) >= 11 is 6.13. The number of likely N-dealkylation sites (N-methyl/N-ethyl adjacent to an activating group) is 1. The predicted octanol–water partition coefficient (Wildman–Crippen LogP) is 1.56. The van der Waals surface area contributed by atoms with E-state index < -0.39 is 11.6 Å². The van der Waals surface area contributed by atoms with E-state index in [1.165, 1.54) is 0 Å². The molecule has 0 aliphatic heterocycles. The van der Waals surface area contributed by atoms with Crippen molar-refractivity contribution in [2.45, 2.75) is 32.0 Å². The molecule has 0 saturated heterocycles. The van der Waals surface area contributed by atoms with Gasteiger partial charge in [-0.05, 0) is 27.9 Å². The average Bonchev–Trinajstić information content (AvgIpc) is 2.66. The molecular weight excluding hydrogens is 254 g/mol. The summed E-state index contributed by atoms with van der Waals surface area (Å²) in [6.45, 7) is 5.02. The number of aliphatic hydroxyl groups is 1. The zero-order valence-corrected chi connectivity index (χ0v) is 12.4. The monoisotopic (exact) mass is 275 g/mol. The highest BCUT2D eigenvalue weighted by atomic mass is 35.5. The zero-order valence-electron chi connectivity index (χ0n) is 11.6. The lowest BCUT2D eigenvalue weighted by Crippen LogP contribution is -2.44. The van der Waals surface area contributed by atoms with Crippen molar-refractivity contribution in [2.24, 2.45) is 0 Å². The normalized spacial score (nSPS) is 14.2. The number of methoxy groups -OCH3 is 1. The van der Waals surface area contributed by atoms with Crippen molar-refractivity contribution in [1.29, 1.82) is 0 Å². The van der Waals surface area contributed by atoms with Crippen LogP contribution >= 0.6 is 11.6 Å². The van der Waals surface area contributed by atoms with Crippen LogP contribution in [-0.2, 0) is 11.3 Å². The third-order valence-electron chi connectivity index (χ3n) is 3.42. The molecular formula is C12H22ClN3O2. The fraction of sp³-hybridized carbons (Fsp3) is 0.750. The number of rotatable bonds is 6. The third-order valence-corrected chi connectivity index (χ3v) is 3.71. The Labute approximate surface area is 113 Å². The molecule has 1 heterocycles. The van der Waals surface area contributed by atoms with Gasteiger partial charge in [-0.1, -0.05) is 11.6 Å². The van der Waals surface area contributed by atoms with Gasteiger partial charge in [-0.2, -0.15) is 5.10 Å². The molecule has 6 heteroatoms. The Bertz CT molecular complexity index is 391. The first kappa shape index (κ1) is 15.4. The quantitative estimate of drug-likeness (QED) is 0.856. The number of aromatic nitrogens is 2. The SMILES string of the molecule is COCCn1ncc(Cl)c1C(O)C(C)(C)N(C)C. The van der Waals surface area contributed by atoms with Crippen LogP contribution in [0.4, 0.5) is 0 Å². The summed E-state index contributed by atoms with van der Waals surface area (Å²) in [7, 11) is 5.48. The van der Waals surface area contributed by atoms with Crippen LogP contribution in [0.15, 0.2) is 6.20 Å². The first-order chi connectivity index (χ1) is 8.32. The van der Waals surface area contributed by atoms with Gasteiger partial charge in [-0.25, -0.2) is 0 Å². The third kappa shape index (κ3) is 3.03. The van der Waals surface area contributed by atoms with E-state index in [2.05, 4.69) is 5.10 Å². The van der Waals surface area contributed by atoms with E-state index in [1.54, 1.807) is 18.0 Å². The lowest BCUT2D eigenvalue weighted by Gasteiger charge is -2.37. The Morgan fingerprint density at radius 2 is 2.17 bits per heavy atom. The molecule has 1 aromatic heterocycles. The molecule has 1 N–H and O–H groups in total. The standard InChI is InChI=1S/C12H22ClN3O2/c1-12(2,15(3)4)11(17)10-9(13)8-14-16(10)6-7-18-5/h8,11,17H,6-7H2,1-5H3. The van der Waals surface area contributed by atoms with Gasteiger partial charge in [-0.3, -0.25) is 4.68 Å². The molecule has 18 heavy (non-hydrogen) atoms. The van der Waals surface area contributed by atoms with E-state index in [-0.39, 0.29) is 0 Å². The van der Waals surface area contributed by atoms with Crippen LogP contribution < -0.4 is 0 Å². The van der Waals surface area contributed by atoms with Crippen LogP contribution in [0.2, 0.25) is 5.02 Å². The van der Waals surface area contributed by atoms with Crippen molar-refractivity contribution in [1.82, 2.24) is 14.7 Å². The maximum absolute atomic E-state index is 10.5. The molecule has 1 aromatic rings. The summed E-state index contributed by atoms with van der Waals surface area (Å²) < 4.78 is 6.72. The zero-order chi connectivity index (χ0) is 13.9. The van der Waals surface area contributed by atoms with Crippen molar-refractivity contribution < 1.29 is 9.84 Å². The highest BCUT2D eigenvalue weighted by Crippen LogP contribution is 2.33. The van der Waals surface area contributed by atoms with Gasteiger partial charge >= 0.3 is 0 Å². The minimum absolute atomic E-state index is 0.436. The maximum Gasteiger partial charge on any atom is 0.115 e. The van der Waals surface area contributed by atoms with Gasteiger partial charge in [0.1, 0.15) is 6.10 Å². The average molecular weight is 276 g/mol. The molecule has 0 aliphatic rings. The highest BCUT2D eigenvalue weighted by Gasteiger charge is 2.35. The molecule has 1 rings (SSSR count). The summed E-state index contributed by atoms with van der Waals surface area (Å²) in [4.78, 5) is 1.96. The number of aliphatic hydroxyl groups excluding tert-OH is 1. The second-order valence-corrected chi connectivity index (χ2v) is 5.45. The fourth-order valence-electron chi connectivity index (χ4n) is 1.58. The van der Waals surface area contributed by atoms with Crippen molar-refractivity contribution in [2.75, 3.05) is 27.8 Å². The second-order valence-electron chi connectivity index (χ2n) is 5.04. The first-order valence-corrected chi connectivity index (χ1v) is 6.25. The van der Waals surface area contributed by atoms with Crippen molar-refractivity contribution >= 4 is 11.6 Å². The number of nitrogens with zero attached hydrogens (tertiary/aromatic N) is 3. The van der Waals surface area contributed by atoms with Crippen LogP contribution in [0.25, 0.3) is 0 Å². The Kier molecular flexibility index (Phi) is 5.16. The van der Waals surface area contributed by atoms with Crippen LogP contribution in [0, 0.1) is 0 Å². The molecule has 104 valence electrons. The van der Waals surface area contributed by atoms with Gasteiger partial charge in [0.15, 0.2) is 0 Å². The largest absolute Gasteiger partial charge is 0.385 e. The van der Waals surface area contributed by atoms with Gasteiger partial charge in [0.05, 0.1) is 30.1 Å². The fourth-order valence-corrected chi connectivity index (χ4v) is 1.82. The number of ether oxygens (including phenoxy) is 1. The number of hydrogen-bond donors (Lipinski definition) is 1. The van der Waals surface area contributed by atoms with E-state index >= 15 is 0 Å². The number of halogens is 1. The van der Waals surface area contributed by atoms with Gasteiger partial charge < -0.3 is 14.7 Å². The van der Waals surface area contributed by atoms with Crippen molar-refractivity contribution in [3.8, 4) is 0 Å².